The molecule has 0 saturated carbocycles. The van der Waals surface area contributed by atoms with Crippen molar-refractivity contribution in [2.75, 3.05) is 31.5 Å². The summed E-state index contributed by atoms with van der Waals surface area (Å²) in [6, 6.07) is 16.5. The Labute approximate surface area is 174 Å². The Hall–Kier alpha value is -2.74. The lowest BCUT2D eigenvalue weighted by atomic mass is 10.0. The van der Waals surface area contributed by atoms with E-state index in [-0.39, 0.29) is 6.04 Å². The van der Waals surface area contributed by atoms with Crippen LogP contribution in [0.15, 0.2) is 61.4 Å². The third-order valence-electron chi connectivity index (χ3n) is 5.19. The molecule has 1 saturated heterocycles. The van der Waals surface area contributed by atoms with Gasteiger partial charge in [0.05, 0.1) is 22.7 Å². The normalized spacial score (nSPS) is 17.2. The zero-order valence-electron chi connectivity index (χ0n) is 16.1. The Kier molecular flexibility index (Phi) is 6.19. The van der Waals surface area contributed by atoms with Crippen molar-refractivity contribution in [1.29, 1.82) is 0 Å². The Bertz CT molecular complexity index is 1000. The number of carbonyl (C=O) groups is 1. The molecule has 1 aromatic heterocycles. The Morgan fingerprint density at radius 2 is 2.14 bits per heavy atom. The summed E-state index contributed by atoms with van der Waals surface area (Å²) < 4.78 is 10.8. The number of aromatic nitrogens is 1. The molecule has 4 rings (SSSR count). The van der Waals surface area contributed by atoms with Gasteiger partial charge in [0, 0.05) is 37.3 Å². The summed E-state index contributed by atoms with van der Waals surface area (Å²) in [4.78, 5) is 14.3. The highest BCUT2D eigenvalue weighted by Gasteiger charge is 2.27. The van der Waals surface area contributed by atoms with Crippen molar-refractivity contribution < 1.29 is 9.53 Å². The SMILES string of the molecule is C=COC(=O)Nc1ccccc1CCN1CCNCC1c1nsc2ccccc12. The molecule has 1 unspecified atom stereocenters. The van der Waals surface area contributed by atoms with Gasteiger partial charge in [-0.25, -0.2) is 4.79 Å². The number of piperazine rings is 1. The number of hydrogen-bond acceptors (Lipinski definition) is 6. The molecule has 1 fully saturated rings. The fourth-order valence-electron chi connectivity index (χ4n) is 3.77. The molecule has 2 heterocycles. The summed E-state index contributed by atoms with van der Waals surface area (Å²) in [6.45, 7) is 7.11. The standard InChI is InChI=1S/C22H24N4O2S/c1-2-28-22(27)24-18-9-5-3-7-16(18)11-13-26-14-12-23-15-19(26)21-17-8-4-6-10-20(17)29-25-21/h2-10,19,23H,1,11-15H2,(H,24,27). The molecular weight excluding hydrogens is 384 g/mol. The van der Waals surface area contributed by atoms with E-state index in [0.717, 1.165) is 55.8 Å². The molecule has 0 radical (unpaired) electrons. The number of anilines is 1. The second-order valence-corrected chi connectivity index (χ2v) is 7.73. The van der Waals surface area contributed by atoms with Gasteiger partial charge in [-0.1, -0.05) is 43.0 Å². The molecule has 2 N–H and O–H groups in total. The number of fused-ring (bicyclic) bond motifs is 1. The first-order chi connectivity index (χ1) is 14.3. The minimum atomic E-state index is -0.526. The molecule has 29 heavy (non-hydrogen) atoms. The van der Waals surface area contributed by atoms with Gasteiger partial charge >= 0.3 is 6.09 Å². The zero-order chi connectivity index (χ0) is 20.1. The number of nitrogens with zero attached hydrogens (tertiary/aromatic N) is 2. The fourth-order valence-corrected chi connectivity index (χ4v) is 4.60. The van der Waals surface area contributed by atoms with Gasteiger partial charge in [0.2, 0.25) is 0 Å². The van der Waals surface area contributed by atoms with E-state index in [0.29, 0.717) is 0 Å². The summed E-state index contributed by atoms with van der Waals surface area (Å²) in [5, 5.41) is 7.54. The third kappa shape index (κ3) is 4.48. The van der Waals surface area contributed by atoms with Gasteiger partial charge in [-0.05, 0) is 35.6 Å². The molecule has 1 atom stereocenters. The lowest BCUT2D eigenvalue weighted by Crippen LogP contribution is -2.46. The van der Waals surface area contributed by atoms with Crippen molar-refractivity contribution in [3.63, 3.8) is 0 Å². The van der Waals surface area contributed by atoms with E-state index in [1.807, 2.05) is 24.3 Å². The van der Waals surface area contributed by atoms with E-state index in [1.165, 1.54) is 10.1 Å². The average molecular weight is 409 g/mol. The van der Waals surface area contributed by atoms with Crippen molar-refractivity contribution >= 4 is 33.4 Å². The van der Waals surface area contributed by atoms with Crippen molar-refractivity contribution in [2.24, 2.45) is 0 Å². The predicted octanol–water partition coefficient (Wildman–Crippen LogP) is 4.18. The van der Waals surface area contributed by atoms with Crippen molar-refractivity contribution in [3.8, 4) is 0 Å². The van der Waals surface area contributed by atoms with Gasteiger partial charge in [0.1, 0.15) is 0 Å². The predicted molar refractivity (Wildman–Crippen MR) is 117 cm³/mol. The first-order valence-corrected chi connectivity index (χ1v) is 10.5. The smallest absolute Gasteiger partial charge is 0.416 e. The van der Waals surface area contributed by atoms with Crippen LogP contribution in [-0.4, -0.2) is 41.5 Å². The van der Waals surface area contributed by atoms with Crippen molar-refractivity contribution in [2.45, 2.75) is 12.5 Å². The van der Waals surface area contributed by atoms with E-state index >= 15 is 0 Å². The summed E-state index contributed by atoms with van der Waals surface area (Å²) in [7, 11) is 0. The van der Waals surface area contributed by atoms with Crippen molar-refractivity contribution in [3.05, 3.63) is 72.6 Å². The summed E-state index contributed by atoms with van der Waals surface area (Å²) in [6.07, 6.45) is 1.42. The molecule has 7 heteroatoms. The van der Waals surface area contributed by atoms with Crippen molar-refractivity contribution in [1.82, 2.24) is 14.6 Å². The van der Waals surface area contributed by atoms with Crippen LogP contribution >= 0.6 is 11.5 Å². The monoisotopic (exact) mass is 408 g/mol. The Morgan fingerprint density at radius 3 is 3.03 bits per heavy atom. The first-order valence-electron chi connectivity index (χ1n) is 9.72. The van der Waals surface area contributed by atoms with Crippen LogP contribution in [0.2, 0.25) is 0 Å². The van der Waals surface area contributed by atoms with Gasteiger partial charge in [0.25, 0.3) is 0 Å². The second kappa shape index (κ2) is 9.17. The fraction of sp³-hybridized carbons (Fsp3) is 0.273. The van der Waals surface area contributed by atoms with Gasteiger partial charge in [-0.15, -0.1) is 0 Å². The Morgan fingerprint density at radius 1 is 1.31 bits per heavy atom. The van der Waals surface area contributed by atoms with Gasteiger partial charge < -0.3 is 10.1 Å². The highest BCUT2D eigenvalue weighted by Crippen LogP contribution is 2.31. The minimum Gasteiger partial charge on any atom is -0.419 e. The molecule has 0 spiro atoms. The number of para-hydroxylation sites is 1. The van der Waals surface area contributed by atoms with Crippen LogP contribution in [0.25, 0.3) is 10.1 Å². The van der Waals surface area contributed by atoms with Crippen LogP contribution in [0.1, 0.15) is 17.3 Å². The van der Waals surface area contributed by atoms with Crippen LogP contribution in [0.3, 0.4) is 0 Å². The molecule has 0 aliphatic carbocycles. The van der Waals surface area contributed by atoms with Crippen LogP contribution in [0, 0.1) is 0 Å². The van der Waals surface area contributed by atoms with Gasteiger partial charge in [0.15, 0.2) is 0 Å². The van der Waals surface area contributed by atoms with Gasteiger partial charge in [-0.3, -0.25) is 10.2 Å². The Balaban J connectivity index is 1.50. The number of rotatable bonds is 6. The molecular formula is C22H24N4O2S. The van der Waals surface area contributed by atoms with E-state index in [2.05, 4.69) is 46.4 Å². The highest BCUT2D eigenvalue weighted by atomic mass is 32.1. The van der Waals surface area contributed by atoms with Gasteiger partial charge in [-0.2, -0.15) is 4.37 Å². The largest absolute Gasteiger partial charge is 0.419 e. The summed E-state index contributed by atoms with van der Waals surface area (Å²) in [5.74, 6) is 0. The maximum Gasteiger partial charge on any atom is 0.416 e. The van der Waals surface area contributed by atoms with E-state index in [9.17, 15) is 4.79 Å². The molecule has 3 aromatic rings. The molecule has 1 aliphatic rings. The summed E-state index contributed by atoms with van der Waals surface area (Å²) in [5.41, 5.74) is 3.00. The number of hydrogen-bond donors (Lipinski definition) is 2. The maximum atomic E-state index is 11.8. The molecule has 1 amide bonds. The highest BCUT2D eigenvalue weighted by molar-refractivity contribution is 7.13. The maximum absolute atomic E-state index is 11.8. The number of benzene rings is 2. The van der Waals surface area contributed by atoms with Crippen LogP contribution < -0.4 is 10.6 Å². The first kappa shape index (κ1) is 19.6. The number of ether oxygens (including phenoxy) is 1. The average Bonchev–Trinajstić information content (AvgIpc) is 3.17. The number of carbonyl (C=O) groups excluding carboxylic acids is 1. The zero-order valence-corrected chi connectivity index (χ0v) is 17.0. The lowest BCUT2D eigenvalue weighted by molar-refractivity contribution is 0.162. The molecule has 6 nitrogen and oxygen atoms in total. The van der Waals surface area contributed by atoms with Crippen LogP contribution in [-0.2, 0) is 11.2 Å². The second-order valence-electron chi connectivity index (χ2n) is 6.92. The quantitative estimate of drug-likeness (QED) is 0.599. The molecule has 1 aliphatic heterocycles. The molecule has 150 valence electrons. The van der Waals surface area contributed by atoms with Crippen LogP contribution in [0.4, 0.5) is 10.5 Å². The lowest BCUT2D eigenvalue weighted by Gasteiger charge is -2.35. The minimum absolute atomic E-state index is 0.241. The van der Waals surface area contributed by atoms with E-state index in [4.69, 9.17) is 9.11 Å². The molecule has 2 aromatic carbocycles. The number of amides is 1. The van der Waals surface area contributed by atoms with E-state index < -0.39 is 6.09 Å². The van der Waals surface area contributed by atoms with Crippen LogP contribution in [0.5, 0.6) is 0 Å². The number of nitrogens with one attached hydrogen (secondary N) is 2. The topological polar surface area (TPSA) is 66.5 Å². The molecule has 0 bridgehead atoms. The van der Waals surface area contributed by atoms with E-state index in [1.54, 1.807) is 11.5 Å². The summed E-state index contributed by atoms with van der Waals surface area (Å²) >= 11 is 1.56. The third-order valence-corrected chi connectivity index (χ3v) is 6.03.